The molecule has 0 aromatic rings. The number of rotatable bonds is 9. The molecule has 0 aliphatic carbocycles. The number of carboxylic acids is 1. The average Bonchev–Trinajstić information content (AvgIpc) is 2.25. The Balaban J connectivity index is 3.65. The van der Waals surface area contributed by atoms with Crippen LogP contribution in [0.4, 0.5) is 0 Å². The topological polar surface area (TPSA) is 75.6 Å². The van der Waals surface area contributed by atoms with Gasteiger partial charge in [-0.1, -0.05) is 19.1 Å². The normalized spacial score (nSPS) is 12.6. The van der Waals surface area contributed by atoms with Gasteiger partial charge in [0.15, 0.2) is 6.04 Å². The third kappa shape index (κ3) is 9.56. The summed E-state index contributed by atoms with van der Waals surface area (Å²) in [5.41, 5.74) is 0. The maximum absolute atomic E-state index is 10.7. The first-order valence-electron chi connectivity index (χ1n) is 5.80. The summed E-state index contributed by atoms with van der Waals surface area (Å²) >= 11 is 0. The number of nitrogens with one attached hydrogen (secondary N) is 1. The van der Waals surface area contributed by atoms with E-state index in [1.807, 2.05) is 0 Å². The molecule has 0 fully saturated rings. The number of amides is 1. The first-order chi connectivity index (χ1) is 8.07. The highest BCUT2D eigenvalue weighted by atomic mass is 16.5. The molecule has 5 heteroatoms. The van der Waals surface area contributed by atoms with Crippen molar-refractivity contribution in [2.45, 2.75) is 39.2 Å². The quantitative estimate of drug-likeness (QED) is 0.473. The Morgan fingerprint density at radius 3 is 2.65 bits per heavy atom. The van der Waals surface area contributed by atoms with Gasteiger partial charge in [0.25, 0.3) is 0 Å². The van der Waals surface area contributed by atoms with Gasteiger partial charge in [0.05, 0.1) is 6.61 Å². The number of ether oxygens (including phenoxy) is 1. The SMILES string of the molecule is CC/C=C\CCCOC[C@@H](NC(C)=O)C(=O)O. The molecule has 0 aromatic heterocycles. The fourth-order valence-electron chi connectivity index (χ4n) is 1.21. The van der Waals surface area contributed by atoms with Crippen molar-refractivity contribution in [2.75, 3.05) is 13.2 Å². The molecule has 1 atom stereocenters. The predicted molar refractivity (Wildman–Crippen MR) is 64.7 cm³/mol. The molecule has 0 bridgehead atoms. The Morgan fingerprint density at radius 1 is 1.41 bits per heavy atom. The van der Waals surface area contributed by atoms with Crippen molar-refractivity contribution >= 4 is 11.9 Å². The van der Waals surface area contributed by atoms with Crippen LogP contribution >= 0.6 is 0 Å². The van der Waals surface area contributed by atoms with Crippen molar-refractivity contribution in [3.05, 3.63) is 12.2 Å². The molecular weight excluding hydrogens is 222 g/mol. The summed E-state index contributed by atoms with van der Waals surface area (Å²) in [6, 6.07) is -0.960. The van der Waals surface area contributed by atoms with Crippen LogP contribution in [-0.4, -0.2) is 36.2 Å². The van der Waals surface area contributed by atoms with Crippen LogP contribution in [0.1, 0.15) is 33.1 Å². The second kappa shape index (κ2) is 9.84. The van der Waals surface area contributed by atoms with E-state index in [1.54, 1.807) is 0 Å². The van der Waals surface area contributed by atoms with Crippen molar-refractivity contribution in [2.24, 2.45) is 0 Å². The minimum atomic E-state index is -1.08. The summed E-state index contributed by atoms with van der Waals surface area (Å²) < 4.78 is 5.21. The summed E-state index contributed by atoms with van der Waals surface area (Å²) in [5, 5.41) is 11.1. The van der Waals surface area contributed by atoms with Crippen molar-refractivity contribution in [1.82, 2.24) is 5.32 Å². The molecule has 5 nitrogen and oxygen atoms in total. The largest absolute Gasteiger partial charge is 0.480 e. The van der Waals surface area contributed by atoms with Gasteiger partial charge in [0.1, 0.15) is 0 Å². The van der Waals surface area contributed by atoms with E-state index in [0.29, 0.717) is 6.61 Å². The average molecular weight is 243 g/mol. The number of hydrogen-bond donors (Lipinski definition) is 2. The number of aliphatic carboxylic acids is 1. The molecule has 0 rings (SSSR count). The highest BCUT2D eigenvalue weighted by Crippen LogP contribution is 1.95. The molecule has 0 radical (unpaired) electrons. The Bertz CT molecular complexity index is 263. The van der Waals surface area contributed by atoms with Crippen molar-refractivity contribution in [3.63, 3.8) is 0 Å². The molecule has 98 valence electrons. The van der Waals surface area contributed by atoms with E-state index >= 15 is 0 Å². The number of allylic oxidation sites excluding steroid dienone is 2. The van der Waals surface area contributed by atoms with Crippen LogP contribution in [0.2, 0.25) is 0 Å². The fraction of sp³-hybridized carbons (Fsp3) is 0.667. The van der Waals surface area contributed by atoms with E-state index in [9.17, 15) is 9.59 Å². The monoisotopic (exact) mass is 243 g/mol. The highest BCUT2D eigenvalue weighted by Gasteiger charge is 2.17. The maximum atomic E-state index is 10.7. The lowest BCUT2D eigenvalue weighted by Gasteiger charge is -2.13. The van der Waals surface area contributed by atoms with Gasteiger partial charge in [-0.25, -0.2) is 4.79 Å². The molecule has 0 aliphatic heterocycles. The molecule has 0 saturated heterocycles. The van der Waals surface area contributed by atoms with E-state index in [2.05, 4.69) is 24.4 Å². The zero-order chi connectivity index (χ0) is 13.1. The van der Waals surface area contributed by atoms with Crippen LogP contribution in [0, 0.1) is 0 Å². The first kappa shape index (κ1) is 15.6. The second-order valence-electron chi connectivity index (χ2n) is 3.69. The molecule has 0 saturated carbocycles. The lowest BCUT2D eigenvalue weighted by Crippen LogP contribution is -2.43. The number of carbonyl (C=O) groups excluding carboxylic acids is 1. The van der Waals surface area contributed by atoms with E-state index in [4.69, 9.17) is 9.84 Å². The molecule has 2 N–H and O–H groups in total. The third-order valence-corrected chi connectivity index (χ3v) is 2.02. The number of hydrogen-bond acceptors (Lipinski definition) is 3. The van der Waals surface area contributed by atoms with Gasteiger partial charge in [-0.3, -0.25) is 4.79 Å². The number of carboxylic acid groups (broad SMARTS) is 1. The van der Waals surface area contributed by atoms with Crippen LogP contribution in [0.3, 0.4) is 0 Å². The lowest BCUT2D eigenvalue weighted by atomic mass is 10.3. The first-order valence-corrected chi connectivity index (χ1v) is 5.80. The van der Waals surface area contributed by atoms with Crippen LogP contribution in [0.5, 0.6) is 0 Å². The molecular formula is C12H21NO4. The third-order valence-electron chi connectivity index (χ3n) is 2.02. The van der Waals surface area contributed by atoms with Crippen molar-refractivity contribution in [1.29, 1.82) is 0 Å². The molecule has 0 spiro atoms. The van der Waals surface area contributed by atoms with Crippen LogP contribution in [-0.2, 0) is 14.3 Å². The fourth-order valence-corrected chi connectivity index (χ4v) is 1.21. The minimum Gasteiger partial charge on any atom is -0.480 e. The molecule has 17 heavy (non-hydrogen) atoms. The molecule has 0 aromatic carbocycles. The summed E-state index contributed by atoms with van der Waals surface area (Å²) in [5.74, 6) is -1.45. The zero-order valence-electron chi connectivity index (χ0n) is 10.4. The second-order valence-corrected chi connectivity index (χ2v) is 3.69. The molecule has 1 amide bonds. The zero-order valence-corrected chi connectivity index (χ0v) is 10.4. The van der Waals surface area contributed by atoms with Gasteiger partial charge >= 0.3 is 5.97 Å². The molecule has 0 heterocycles. The number of carbonyl (C=O) groups is 2. The Kier molecular flexibility index (Phi) is 9.05. The number of unbranched alkanes of at least 4 members (excludes halogenated alkanes) is 1. The highest BCUT2D eigenvalue weighted by molar-refractivity contribution is 5.82. The van der Waals surface area contributed by atoms with E-state index in [1.165, 1.54) is 6.92 Å². The summed E-state index contributed by atoms with van der Waals surface area (Å²) in [4.78, 5) is 21.5. The molecule has 0 unspecified atom stereocenters. The van der Waals surface area contributed by atoms with Crippen LogP contribution < -0.4 is 5.32 Å². The van der Waals surface area contributed by atoms with Crippen molar-refractivity contribution < 1.29 is 19.4 Å². The van der Waals surface area contributed by atoms with Gasteiger partial charge in [0.2, 0.25) is 5.91 Å². The van der Waals surface area contributed by atoms with E-state index < -0.39 is 12.0 Å². The summed E-state index contributed by atoms with van der Waals surface area (Å²) in [6.45, 7) is 3.85. The van der Waals surface area contributed by atoms with E-state index in [0.717, 1.165) is 19.3 Å². The van der Waals surface area contributed by atoms with Gasteiger partial charge in [-0.2, -0.15) is 0 Å². The van der Waals surface area contributed by atoms with Gasteiger partial charge in [0, 0.05) is 13.5 Å². The Labute approximate surface area is 102 Å². The predicted octanol–water partition coefficient (Wildman–Crippen LogP) is 1.34. The minimum absolute atomic E-state index is 0.00635. The molecule has 0 aliphatic rings. The van der Waals surface area contributed by atoms with Crippen LogP contribution in [0.15, 0.2) is 12.2 Å². The Morgan fingerprint density at radius 2 is 2.12 bits per heavy atom. The van der Waals surface area contributed by atoms with Gasteiger partial charge < -0.3 is 15.2 Å². The Hall–Kier alpha value is -1.36. The summed E-state index contributed by atoms with van der Waals surface area (Å²) in [7, 11) is 0. The van der Waals surface area contributed by atoms with E-state index in [-0.39, 0.29) is 12.5 Å². The maximum Gasteiger partial charge on any atom is 0.328 e. The standard InChI is InChI=1S/C12H21NO4/c1-3-4-5-6-7-8-17-9-11(12(15)16)13-10(2)14/h4-5,11H,3,6-9H2,1-2H3,(H,13,14)(H,15,16)/b5-4-/t11-/m1/s1. The summed E-state index contributed by atoms with van der Waals surface area (Å²) in [6.07, 6.45) is 6.95. The van der Waals surface area contributed by atoms with Gasteiger partial charge in [-0.15, -0.1) is 0 Å². The smallest absolute Gasteiger partial charge is 0.328 e. The van der Waals surface area contributed by atoms with Gasteiger partial charge in [-0.05, 0) is 19.3 Å². The van der Waals surface area contributed by atoms with Crippen molar-refractivity contribution in [3.8, 4) is 0 Å². The van der Waals surface area contributed by atoms with Crippen LogP contribution in [0.25, 0.3) is 0 Å². The lowest BCUT2D eigenvalue weighted by molar-refractivity contribution is -0.143.